The van der Waals surface area contributed by atoms with Crippen LogP contribution in [0.5, 0.6) is 0 Å². The number of pyridine rings is 1. The fourth-order valence-corrected chi connectivity index (χ4v) is 5.27. The van der Waals surface area contributed by atoms with Crippen LogP contribution in [0, 0.1) is 0 Å². The van der Waals surface area contributed by atoms with Gasteiger partial charge in [-0.3, -0.25) is 4.90 Å². The van der Waals surface area contributed by atoms with E-state index in [1.54, 1.807) is 0 Å². The molecule has 1 aliphatic rings. The monoisotopic (exact) mass is 403 g/mol. The van der Waals surface area contributed by atoms with Gasteiger partial charge in [-0.1, -0.05) is 56.2 Å². The third kappa shape index (κ3) is 4.62. The van der Waals surface area contributed by atoms with E-state index in [2.05, 4.69) is 79.5 Å². The van der Waals surface area contributed by atoms with Crippen LogP contribution in [-0.2, 0) is 0 Å². The lowest BCUT2D eigenvalue weighted by atomic mass is 9.96. The van der Waals surface area contributed by atoms with Crippen molar-refractivity contribution in [1.82, 2.24) is 9.88 Å². The van der Waals surface area contributed by atoms with E-state index in [-0.39, 0.29) is 0 Å². The summed E-state index contributed by atoms with van der Waals surface area (Å²) in [6.45, 7) is 8.34. The number of benzene rings is 2. The Kier molecular flexibility index (Phi) is 6.89. The Morgan fingerprint density at radius 2 is 1.53 bits per heavy atom. The van der Waals surface area contributed by atoms with E-state index in [1.165, 1.54) is 68.0 Å². The van der Waals surface area contributed by atoms with Crippen LogP contribution >= 0.6 is 0 Å². The van der Waals surface area contributed by atoms with Gasteiger partial charge in [0, 0.05) is 28.9 Å². The Labute approximate surface area is 181 Å². The van der Waals surface area contributed by atoms with Gasteiger partial charge in [0.25, 0.3) is 0 Å². The molecular weight excluding hydrogens is 366 g/mol. The van der Waals surface area contributed by atoms with E-state index in [9.17, 15) is 0 Å². The molecule has 3 atom stereocenters. The Hall–Kier alpha value is -2.13. The molecule has 3 heteroatoms. The molecule has 2 heterocycles. The Morgan fingerprint density at radius 3 is 2.13 bits per heavy atom. The molecule has 30 heavy (non-hydrogen) atoms. The van der Waals surface area contributed by atoms with E-state index in [4.69, 9.17) is 4.98 Å². The van der Waals surface area contributed by atoms with Gasteiger partial charge in [-0.15, -0.1) is 0 Å². The smallest absolute Gasteiger partial charge is 0.0730 e. The van der Waals surface area contributed by atoms with Crippen molar-refractivity contribution in [2.24, 2.45) is 0 Å². The zero-order valence-electron chi connectivity index (χ0n) is 18.9. The maximum Gasteiger partial charge on any atom is 0.0730 e. The minimum absolute atomic E-state index is 0.500. The average molecular weight is 404 g/mol. The highest BCUT2D eigenvalue weighted by atomic mass is 15.2. The molecule has 0 amide bonds. The van der Waals surface area contributed by atoms with Crippen LogP contribution in [-0.4, -0.2) is 34.6 Å². The van der Waals surface area contributed by atoms with Crippen LogP contribution in [0.1, 0.15) is 65.7 Å². The Bertz CT molecular complexity index is 903. The van der Waals surface area contributed by atoms with Crippen molar-refractivity contribution in [3.05, 3.63) is 48.5 Å². The third-order valence-electron chi connectivity index (χ3n) is 6.92. The fourth-order valence-electron chi connectivity index (χ4n) is 5.27. The summed E-state index contributed by atoms with van der Waals surface area (Å²) in [4.78, 5) is 7.62. The molecule has 3 aromatic rings. The van der Waals surface area contributed by atoms with Crippen molar-refractivity contribution < 1.29 is 0 Å². The van der Waals surface area contributed by atoms with Crippen LogP contribution in [0.4, 0.5) is 5.69 Å². The van der Waals surface area contributed by atoms with Crippen LogP contribution in [0.2, 0.25) is 0 Å². The molecule has 0 radical (unpaired) electrons. The van der Waals surface area contributed by atoms with Gasteiger partial charge in [0.15, 0.2) is 0 Å². The summed E-state index contributed by atoms with van der Waals surface area (Å²) in [5.41, 5.74) is 3.41. The van der Waals surface area contributed by atoms with Gasteiger partial charge in [0.2, 0.25) is 0 Å². The molecule has 4 rings (SSSR count). The molecule has 3 nitrogen and oxygen atoms in total. The molecule has 160 valence electrons. The molecule has 2 aromatic carbocycles. The van der Waals surface area contributed by atoms with Gasteiger partial charge in [0.05, 0.1) is 16.7 Å². The topological polar surface area (TPSA) is 28.2 Å². The molecule has 0 aliphatic carbocycles. The molecule has 0 unspecified atom stereocenters. The van der Waals surface area contributed by atoms with Gasteiger partial charge in [-0.2, -0.15) is 0 Å². The summed E-state index contributed by atoms with van der Waals surface area (Å²) in [5, 5.41) is 6.43. The van der Waals surface area contributed by atoms with Gasteiger partial charge in [-0.25, -0.2) is 4.98 Å². The average Bonchev–Trinajstić information content (AvgIpc) is 2.75. The summed E-state index contributed by atoms with van der Waals surface area (Å²) in [6.07, 6.45) is 8.99. The second-order valence-electron chi connectivity index (χ2n) is 9.16. The number of nitrogens with one attached hydrogen (secondary N) is 1. The number of aromatic nitrogens is 1. The Morgan fingerprint density at radius 1 is 0.933 bits per heavy atom. The number of nitrogens with zero attached hydrogens (tertiary/aromatic N) is 2. The summed E-state index contributed by atoms with van der Waals surface area (Å²) < 4.78 is 0. The molecule has 1 saturated heterocycles. The minimum atomic E-state index is 0.500. The maximum absolute atomic E-state index is 4.88. The zero-order valence-corrected chi connectivity index (χ0v) is 18.9. The third-order valence-corrected chi connectivity index (χ3v) is 6.92. The number of hydrogen-bond donors (Lipinski definition) is 1. The van der Waals surface area contributed by atoms with E-state index in [0.717, 1.165) is 23.1 Å². The SMILES string of the molecule is CCC[C@@H](CCCN1[C@H](C)CCC[C@@H]1C)Nc1c2ccccc2nc2ccccc12. The lowest BCUT2D eigenvalue weighted by Gasteiger charge is -2.39. The van der Waals surface area contributed by atoms with E-state index in [1.807, 2.05) is 0 Å². The molecule has 0 spiro atoms. The number of fused-ring (bicyclic) bond motifs is 2. The number of piperidine rings is 1. The first-order valence-electron chi connectivity index (χ1n) is 12.0. The highest BCUT2D eigenvalue weighted by Gasteiger charge is 2.24. The van der Waals surface area contributed by atoms with Crippen molar-refractivity contribution in [2.75, 3.05) is 11.9 Å². The van der Waals surface area contributed by atoms with Gasteiger partial charge in [-0.05, 0) is 64.6 Å². The van der Waals surface area contributed by atoms with Crippen LogP contribution in [0.25, 0.3) is 21.8 Å². The second kappa shape index (κ2) is 9.78. The van der Waals surface area contributed by atoms with E-state index in [0.29, 0.717) is 6.04 Å². The molecule has 0 saturated carbocycles. The van der Waals surface area contributed by atoms with Crippen molar-refractivity contribution in [3.63, 3.8) is 0 Å². The number of anilines is 1. The molecule has 1 fully saturated rings. The fraction of sp³-hybridized carbons (Fsp3) is 0.519. The second-order valence-corrected chi connectivity index (χ2v) is 9.16. The normalized spacial score (nSPS) is 21.2. The highest BCUT2D eigenvalue weighted by Crippen LogP contribution is 2.32. The first kappa shape index (κ1) is 21.1. The largest absolute Gasteiger partial charge is 0.381 e. The van der Waals surface area contributed by atoms with Crippen molar-refractivity contribution >= 4 is 27.5 Å². The van der Waals surface area contributed by atoms with Crippen molar-refractivity contribution in [3.8, 4) is 0 Å². The summed E-state index contributed by atoms with van der Waals surface area (Å²) in [7, 11) is 0. The first-order valence-corrected chi connectivity index (χ1v) is 12.0. The summed E-state index contributed by atoms with van der Waals surface area (Å²) in [5.74, 6) is 0. The van der Waals surface area contributed by atoms with Crippen molar-refractivity contribution in [1.29, 1.82) is 0 Å². The standard InChI is InChI=1S/C27H37N3/c1-4-11-22(14-10-19-30-20(2)12-9-13-21(30)3)28-27-23-15-5-7-17-25(23)29-26-18-8-6-16-24(26)27/h5-8,15-18,20-22H,4,9-14,19H2,1-3H3,(H,28,29)/t20-,21+,22-/m0/s1. The number of rotatable bonds is 8. The summed E-state index contributed by atoms with van der Waals surface area (Å²) in [6, 6.07) is 19.0. The summed E-state index contributed by atoms with van der Waals surface area (Å²) >= 11 is 0. The van der Waals surface area contributed by atoms with Gasteiger partial charge >= 0.3 is 0 Å². The highest BCUT2D eigenvalue weighted by molar-refractivity contribution is 6.07. The maximum atomic E-state index is 4.88. The predicted octanol–water partition coefficient (Wildman–Crippen LogP) is 7.01. The quantitative estimate of drug-likeness (QED) is 0.410. The van der Waals surface area contributed by atoms with Crippen LogP contribution < -0.4 is 5.32 Å². The van der Waals surface area contributed by atoms with Crippen molar-refractivity contribution in [2.45, 2.75) is 83.8 Å². The number of para-hydroxylation sites is 2. The lowest BCUT2D eigenvalue weighted by molar-refractivity contribution is 0.101. The van der Waals surface area contributed by atoms with Gasteiger partial charge < -0.3 is 5.32 Å². The molecule has 1 aliphatic heterocycles. The van der Waals surface area contributed by atoms with Crippen LogP contribution in [0.3, 0.4) is 0 Å². The minimum Gasteiger partial charge on any atom is -0.381 e. The molecule has 0 bridgehead atoms. The van der Waals surface area contributed by atoms with E-state index >= 15 is 0 Å². The van der Waals surface area contributed by atoms with Crippen LogP contribution in [0.15, 0.2) is 48.5 Å². The predicted molar refractivity (Wildman–Crippen MR) is 130 cm³/mol. The zero-order chi connectivity index (χ0) is 20.9. The molecular formula is C27H37N3. The van der Waals surface area contributed by atoms with E-state index < -0.39 is 0 Å². The number of hydrogen-bond acceptors (Lipinski definition) is 3. The molecule has 1 aromatic heterocycles. The number of likely N-dealkylation sites (tertiary alicyclic amines) is 1. The lowest BCUT2D eigenvalue weighted by Crippen LogP contribution is -2.44. The first-order chi connectivity index (χ1) is 14.7. The van der Waals surface area contributed by atoms with Gasteiger partial charge in [0.1, 0.15) is 0 Å². The molecule has 1 N–H and O–H groups in total. The Balaban J connectivity index is 1.53.